The Kier molecular flexibility index (Phi) is 5.39. The summed E-state index contributed by atoms with van der Waals surface area (Å²) in [5, 5.41) is 12.7. The minimum absolute atomic E-state index is 0.0996. The highest BCUT2D eigenvalue weighted by Gasteiger charge is 2.28. The van der Waals surface area contributed by atoms with Crippen LogP contribution in [0.1, 0.15) is 36.4 Å². The van der Waals surface area contributed by atoms with E-state index in [1.54, 1.807) is 13.0 Å². The van der Waals surface area contributed by atoms with Crippen molar-refractivity contribution in [1.82, 2.24) is 5.32 Å². The Morgan fingerprint density at radius 3 is 2.65 bits per heavy atom. The molecule has 0 aliphatic carbocycles. The highest BCUT2D eigenvalue weighted by molar-refractivity contribution is 6.00. The number of carbonyl (C=O) groups excluding carboxylic acids is 1. The third-order valence-electron chi connectivity index (χ3n) is 3.96. The Balaban J connectivity index is 2.36. The minimum Gasteiger partial charge on any atom is -0.480 e. The van der Waals surface area contributed by atoms with Crippen LogP contribution in [0.2, 0.25) is 0 Å². The van der Waals surface area contributed by atoms with E-state index in [4.69, 9.17) is 9.15 Å². The van der Waals surface area contributed by atoms with Gasteiger partial charge in [0, 0.05) is 18.1 Å². The largest absolute Gasteiger partial charge is 0.480 e. The monoisotopic (exact) mass is 319 g/mol. The first-order valence-corrected chi connectivity index (χ1v) is 7.52. The third kappa shape index (κ3) is 3.53. The van der Waals surface area contributed by atoms with Crippen molar-refractivity contribution in [3.8, 4) is 0 Å². The zero-order valence-electron chi connectivity index (χ0n) is 13.5. The van der Waals surface area contributed by atoms with Gasteiger partial charge in [0.15, 0.2) is 5.76 Å². The second kappa shape index (κ2) is 7.28. The van der Waals surface area contributed by atoms with E-state index >= 15 is 0 Å². The lowest BCUT2D eigenvalue weighted by atomic mass is 9.99. The lowest BCUT2D eigenvalue weighted by Gasteiger charge is -2.19. The predicted molar refractivity (Wildman–Crippen MR) is 85.3 cm³/mol. The van der Waals surface area contributed by atoms with Crippen LogP contribution in [0.3, 0.4) is 0 Å². The van der Waals surface area contributed by atoms with Crippen molar-refractivity contribution < 1.29 is 23.8 Å². The molecule has 2 N–H and O–H groups in total. The molecule has 0 aliphatic heterocycles. The molecule has 2 aromatic rings. The number of hydrogen-bond acceptors (Lipinski definition) is 4. The van der Waals surface area contributed by atoms with Crippen molar-refractivity contribution >= 4 is 22.8 Å². The Bertz CT molecular complexity index is 706. The molecule has 1 heterocycles. The molecular formula is C17H21NO5. The molecule has 2 atom stereocenters. The fraction of sp³-hybridized carbons (Fsp3) is 0.412. The lowest BCUT2D eigenvalue weighted by Crippen LogP contribution is -2.45. The summed E-state index contributed by atoms with van der Waals surface area (Å²) < 4.78 is 10.8. The van der Waals surface area contributed by atoms with Gasteiger partial charge in [0.25, 0.3) is 5.91 Å². The molecule has 0 aliphatic rings. The fourth-order valence-electron chi connectivity index (χ4n) is 2.46. The lowest BCUT2D eigenvalue weighted by molar-refractivity contribution is -0.140. The van der Waals surface area contributed by atoms with Crippen LogP contribution >= 0.6 is 0 Å². The summed E-state index contributed by atoms with van der Waals surface area (Å²) in [6, 6.07) is 6.29. The molecule has 124 valence electrons. The number of aliphatic carboxylic acids is 1. The molecule has 23 heavy (non-hydrogen) atoms. The van der Waals surface area contributed by atoms with Crippen LogP contribution in [-0.4, -0.2) is 30.1 Å². The normalized spacial score (nSPS) is 13.7. The van der Waals surface area contributed by atoms with Gasteiger partial charge >= 0.3 is 5.97 Å². The van der Waals surface area contributed by atoms with Gasteiger partial charge in [0.2, 0.25) is 0 Å². The van der Waals surface area contributed by atoms with Gasteiger partial charge in [0.1, 0.15) is 11.6 Å². The molecule has 2 rings (SSSR count). The maximum atomic E-state index is 12.5. The molecule has 6 nitrogen and oxygen atoms in total. The molecule has 0 fully saturated rings. The van der Waals surface area contributed by atoms with Crippen LogP contribution in [0.5, 0.6) is 0 Å². The van der Waals surface area contributed by atoms with E-state index in [0.29, 0.717) is 17.6 Å². The molecular weight excluding hydrogens is 298 g/mol. The maximum absolute atomic E-state index is 12.5. The van der Waals surface area contributed by atoms with Gasteiger partial charge in [0.05, 0.1) is 6.61 Å². The number of carboxylic acid groups (broad SMARTS) is 1. The topological polar surface area (TPSA) is 88.8 Å². The first kappa shape index (κ1) is 17.0. The SMILES string of the molecule is CCC(C)C(NC(=O)c1oc2ccccc2c1COC)C(=O)O. The number of amides is 1. The quantitative estimate of drug-likeness (QED) is 0.819. The van der Waals surface area contributed by atoms with Crippen LogP contribution in [0.4, 0.5) is 0 Å². The van der Waals surface area contributed by atoms with Crippen molar-refractivity contribution in [2.45, 2.75) is 32.9 Å². The van der Waals surface area contributed by atoms with Crippen molar-refractivity contribution in [2.75, 3.05) is 7.11 Å². The van der Waals surface area contributed by atoms with Gasteiger partial charge in [-0.25, -0.2) is 4.79 Å². The number of carbonyl (C=O) groups is 2. The van der Waals surface area contributed by atoms with Crippen molar-refractivity contribution in [2.24, 2.45) is 5.92 Å². The predicted octanol–water partition coefficient (Wildman–Crippen LogP) is 2.81. The van der Waals surface area contributed by atoms with Crippen molar-refractivity contribution in [3.63, 3.8) is 0 Å². The van der Waals surface area contributed by atoms with Crippen LogP contribution in [0.15, 0.2) is 28.7 Å². The number of para-hydroxylation sites is 1. The Morgan fingerprint density at radius 2 is 2.04 bits per heavy atom. The number of carboxylic acids is 1. The zero-order valence-corrected chi connectivity index (χ0v) is 13.5. The van der Waals surface area contributed by atoms with E-state index in [-0.39, 0.29) is 18.3 Å². The van der Waals surface area contributed by atoms with Crippen LogP contribution < -0.4 is 5.32 Å². The summed E-state index contributed by atoms with van der Waals surface area (Å²) >= 11 is 0. The first-order valence-electron chi connectivity index (χ1n) is 7.52. The summed E-state index contributed by atoms with van der Waals surface area (Å²) in [5.41, 5.74) is 1.19. The molecule has 0 radical (unpaired) electrons. The molecule has 2 unspecified atom stereocenters. The molecule has 1 aromatic carbocycles. The number of fused-ring (bicyclic) bond motifs is 1. The Morgan fingerprint density at radius 1 is 1.35 bits per heavy atom. The number of ether oxygens (including phenoxy) is 1. The minimum atomic E-state index is -1.06. The van der Waals surface area contributed by atoms with Crippen LogP contribution in [-0.2, 0) is 16.1 Å². The smallest absolute Gasteiger partial charge is 0.326 e. The highest BCUT2D eigenvalue weighted by atomic mass is 16.5. The zero-order chi connectivity index (χ0) is 17.0. The number of methoxy groups -OCH3 is 1. The van der Waals surface area contributed by atoms with Crippen molar-refractivity contribution in [3.05, 3.63) is 35.6 Å². The first-order chi connectivity index (χ1) is 11.0. The van der Waals surface area contributed by atoms with Gasteiger partial charge in [-0.1, -0.05) is 38.5 Å². The van der Waals surface area contributed by atoms with Gasteiger partial charge in [-0.15, -0.1) is 0 Å². The molecule has 1 aromatic heterocycles. The van der Waals surface area contributed by atoms with Gasteiger partial charge in [-0.05, 0) is 12.0 Å². The van der Waals surface area contributed by atoms with E-state index < -0.39 is 17.9 Å². The molecule has 0 saturated carbocycles. The highest BCUT2D eigenvalue weighted by Crippen LogP contribution is 2.26. The van der Waals surface area contributed by atoms with E-state index in [2.05, 4.69) is 5.32 Å². The fourth-order valence-corrected chi connectivity index (χ4v) is 2.46. The number of nitrogens with one attached hydrogen (secondary N) is 1. The number of hydrogen-bond donors (Lipinski definition) is 2. The number of benzene rings is 1. The van der Waals surface area contributed by atoms with E-state index in [0.717, 1.165) is 5.39 Å². The van der Waals surface area contributed by atoms with Gasteiger partial charge in [-0.2, -0.15) is 0 Å². The molecule has 0 spiro atoms. The number of furan rings is 1. The summed E-state index contributed by atoms with van der Waals surface area (Å²) in [6.45, 7) is 3.87. The van der Waals surface area contributed by atoms with Crippen molar-refractivity contribution in [1.29, 1.82) is 0 Å². The van der Waals surface area contributed by atoms with E-state index in [9.17, 15) is 14.7 Å². The molecule has 6 heteroatoms. The van der Waals surface area contributed by atoms with Gasteiger partial charge in [-0.3, -0.25) is 4.79 Å². The summed E-state index contributed by atoms with van der Waals surface area (Å²) in [6.07, 6.45) is 0.641. The molecule has 0 bridgehead atoms. The summed E-state index contributed by atoms with van der Waals surface area (Å²) in [4.78, 5) is 23.9. The summed E-state index contributed by atoms with van der Waals surface area (Å²) in [5.74, 6) is -1.69. The second-order valence-corrected chi connectivity index (χ2v) is 5.51. The van der Waals surface area contributed by atoms with E-state index in [1.807, 2.05) is 25.1 Å². The summed E-state index contributed by atoms with van der Waals surface area (Å²) in [7, 11) is 1.53. The average Bonchev–Trinajstić information content (AvgIpc) is 2.91. The Hall–Kier alpha value is -2.34. The number of rotatable bonds is 7. The van der Waals surface area contributed by atoms with Crippen LogP contribution in [0.25, 0.3) is 11.0 Å². The molecule has 1 amide bonds. The second-order valence-electron chi connectivity index (χ2n) is 5.51. The van der Waals surface area contributed by atoms with Crippen LogP contribution in [0, 0.1) is 5.92 Å². The van der Waals surface area contributed by atoms with Gasteiger partial charge < -0.3 is 19.6 Å². The third-order valence-corrected chi connectivity index (χ3v) is 3.96. The molecule has 0 saturated heterocycles. The standard InChI is InChI=1S/C17H21NO5/c1-4-10(2)14(17(20)21)18-16(19)15-12(9-22-3)11-7-5-6-8-13(11)23-15/h5-8,10,14H,4,9H2,1-3H3,(H,18,19)(H,20,21). The van der Waals surface area contributed by atoms with E-state index in [1.165, 1.54) is 7.11 Å². The average molecular weight is 319 g/mol. The maximum Gasteiger partial charge on any atom is 0.326 e. The Labute approximate surface area is 134 Å².